The summed E-state index contributed by atoms with van der Waals surface area (Å²) in [5.74, 6) is 0.939. The van der Waals surface area contributed by atoms with Gasteiger partial charge in [-0.25, -0.2) is 4.98 Å². The third-order valence-corrected chi connectivity index (χ3v) is 2.45. The van der Waals surface area contributed by atoms with Gasteiger partial charge in [0.25, 0.3) is 0 Å². The van der Waals surface area contributed by atoms with Crippen molar-refractivity contribution < 1.29 is 4.74 Å². The van der Waals surface area contributed by atoms with Crippen molar-refractivity contribution >= 4 is 5.82 Å². The summed E-state index contributed by atoms with van der Waals surface area (Å²) in [6.45, 7) is 7.88. The fraction of sp³-hybridized carbons (Fsp3) is 0.615. The van der Waals surface area contributed by atoms with Gasteiger partial charge in [0.15, 0.2) is 0 Å². The standard InChI is InChI=1S/C13H22N2O/c1-4-7-11(3)16-10-12-8-6-9-15-13(12)14-5-2/h6,8-9,11H,4-5,7,10H2,1-3H3,(H,14,15). The molecule has 0 saturated carbocycles. The highest BCUT2D eigenvalue weighted by molar-refractivity contribution is 5.42. The summed E-state index contributed by atoms with van der Waals surface area (Å²) < 4.78 is 5.78. The van der Waals surface area contributed by atoms with Crippen molar-refractivity contribution in [2.24, 2.45) is 0 Å². The van der Waals surface area contributed by atoms with Crippen molar-refractivity contribution in [1.82, 2.24) is 4.98 Å². The number of anilines is 1. The summed E-state index contributed by atoms with van der Waals surface area (Å²) in [5.41, 5.74) is 1.13. The minimum atomic E-state index is 0.319. The van der Waals surface area contributed by atoms with Crippen LogP contribution in [0, 0.1) is 0 Å². The van der Waals surface area contributed by atoms with Crippen LogP contribution in [0.4, 0.5) is 5.82 Å². The molecule has 0 fully saturated rings. The van der Waals surface area contributed by atoms with Crippen molar-refractivity contribution in [1.29, 1.82) is 0 Å². The van der Waals surface area contributed by atoms with Crippen molar-refractivity contribution in [3.63, 3.8) is 0 Å². The molecule has 0 bridgehead atoms. The zero-order valence-electron chi connectivity index (χ0n) is 10.5. The Kier molecular flexibility index (Phi) is 5.86. The normalized spacial score (nSPS) is 12.4. The predicted octanol–water partition coefficient (Wildman–Crippen LogP) is 3.22. The Labute approximate surface area is 98.2 Å². The molecule has 0 saturated heterocycles. The summed E-state index contributed by atoms with van der Waals surface area (Å²) in [4.78, 5) is 4.30. The number of hydrogen-bond acceptors (Lipinski definition) is 3. The Hall–Kier alpha value is -1.09. The molecule has 0 aromatic carbocycles. The highest BCUT2D eigenvalue weighted by Crippen LogP contribution is 2.14. The number of aromatic nitrogens is 1. The Morgan fingerprint density at radius 1 is 1.44 bits per heavy atom. The molecule has 1 N–H and O–H groups in total. The summed E-state index contributed by atoms with van der Waals surface area (Å²) in [6, 6.07) is 4.01. The zero-order valence-corrected chi connectivity index (χ0v) is 10.5. The van der Waals surface area contributed by atoms with Crippen LogP contribution in [0.3, 0.4) is 0 Å². The molecule has 3 heteroatoms. The van der Waals surface area contributed by atoms with Gasteiger partial charge in [-0.15, -0.1) is 0 Å². The Bertz CT molecular complexity index is 302. The number of hydrogen-bond donors (Lipinski definition) is 1. The maximum absolute atomic E-state index is 5.78. The first-order valence-corrected chi connectivity index (χ1v) is 6.07. The van der Waals surface area contributed by atoms with E-state index in [1.807, 2.05) is 6.07 Å². The highest BCUT2D eigenvalue weighted by atomic mass is 16.5. The van der Waals surface area contributed by atoms with Crippen LogP contribution in [0.15, 0.2) is 18.3 Å². The molecule has 0 aliphatic heterocycles. The summed E-state index contributed by atoms with van der Waals surface area (Å²) in [6.07, 6.45) is 4.39. The monoisotopic (exact) mass is 222 g/mol. The van der Waals surface area contributed by atoms with Crippen LogP contribution >= 0.6 is 0 Å². The lowest BCUT2D eigenvalue weighted by Crippen LogP contribution is -2.10. The van der Waals surface area contributed by atoms with E-state index in [0.717, 1.165) is 30.8 Å². The molecule has 1 rings (SSSR count). The van der Waals surface area contributed by atoms with E-state index in [4.69, 9.17) is 4.74 Å². The fourth-order valence-corrected chi connectivity index (χ4v) is 1.60. The van der Waals surface area contributed by atoms with E-state index in [9.17, 15) is 0 Å². The molecule has 1 aromatic heterocycles. The quantitative estimate of drug-likeness (QED) is 0.769. The van der Waals surface area contributed by atoms with E-state index in [0.29, 0.717) is 12.7 Å². The molecule has 1 unspecified atom stereocenters. The molecule has 0 amide bonds. The maximum Gasteiger partial charge on any atom is 0.131 e. The highest BCUT2D eigenvalue weighted by Gasteiger charge is 2.05. The third-order valence-electron chi connectivity index (χ3n) is 2.45. The van der Waals surface area contributed by atoms with Gasteiger partial charge >= 0.3 is 0 Å². The molecule has 90 valence electrons. The number of nitrogens with zero attached hydrogens (tertiary/aromatic N) is 1. The van der Waals surface area contributed by atoms with Crippen molar-refractivity contribution in [3.8, 4) is 0 Å². The largest absolute Gasteiger partial charge is 0.374 e. The second-order valence-electron chi connectivity index (χ2n) is 3.95. The number of ether oxygens (including phenoxy) is 1. The first-order chi connectivity index (χ1) is 7.77. The van der Waals surface area contributed by atoms with Gasteiger partial charge < -0.3 is 10.1 Å². The minimum absolute atomic E-state index is 0.319. The average molecular weight is 222 g/mol. The second-order valence-corrected chi connectivity index (χ2v) is 3.95. The lowest BCUT2D eigenvalue weighted by molar-refractivity contribution is 0.0473. The topological polar surface area (TPSA) is 34.1 Å². The summed E-state index contributed by atoms with van der Waals surface area (Å²) >= 11 is 0. The summed E-state index contributed by atoms with van der Waals surface area (Å²) in [5, 5.41) is 3.24. The van der Waals surface area contributed by atoms with E-state index < -0.39 is 0 Å². The van der Waals surface area contributed by atoms with Crippen molar-refractivity contribution in [2.45, 2.75) is 46.3 Å². The number of nitrogens with one attached hydrogen (secondary N) is 1. The smallest absolute Gasteiger partial charge is 0.131 e. The molecule has 0 aliphatic rings. The fourth-order valence-electron chi connectivity index (χ4n) is 1.60. The summed E-state index contributed by atoms with van der Waals surface area (Å²) in [7, 11) is 0. The van der Waals surface area contributed by atoms with E-state index in [1.54, 1.807) is 6.20 Å². The van der Waals surface area contributed by atoms with Crippen molar-refractivity contribution in [3.05, 3.63) is 23.9 Å². The van der Waals surface area contributed by atoms with E-state index in [2.05, 4.69) is 37.1 Å². The van der Waals surface area contributed by atoms with Gasteiger partial charge in [-0.2, -0.15) is 0 Å². The number of rotatable bonds is 7. The lowest BCUT2D eigenvalue weighted by atomic mass is 10.2. The van der Waals surface area contributed by atoms with Gasteiger partial charge in [0.1, 0.15) is 5.82 Å². The average Bonchev–Trinajstić information content (AvgIpc) is 2.29. The second kappa shape index (κ2) is 7.23. The predicted molar refractivity (Wildman–Crippen MR) is 67.6 cm³/mol. The van der Waals surface area contributed by atoms with Crippen LogP contribution in [0.25, 0.3) is 0 Å². The van der Waals surface area contributed by atoms with Gasteiger partial charge in [-0.3, -0.25) is 0 Å². The Morgan fingerprint density at radius 2 is 2.25 bits per heavy atom. The van der Waals surface area contributed by atoms with Gasteiger partial charge in [-0.05, 0) is 26.3 Å². The Morgan fingerprint density at radius 3 is 2.94 bits per heavy atom. The Balaban J connectivity index is 2.52. The zero-order chi connectivity index (χ0) is 11.8. The third kappa shape index (κ3) is 4.19. The van der Waals surface area contributed by atoms with E-state index in [1.165, 1.54) is 0 Å². The van der Waals surface area contributed by atoms with E-state index >= 15 is 0 Å². The molecule has 1 aromatic rings. The lowest BCUT2D eigenvalue weighted by Gasteiger charge is -2.14. The van der Waals surface area contributed by atoms with Crippen LogP contribution < -0.4 is 5.32 Å². The first-order valence-electron chi connectivity index (χ1n) is 6.07. The van der Waals surface area contributed by atoms with Gasteiger partial charge in [0, 0.05) is 18.3 Å². The molecule has 16 heavy (non-hydrogen) atoms. The SMILES string of the molecule is CCCC(C)OCc1cccnc1NCC. The van der Waals surface area contributed by atoms with Crippen LogP contribution in [0.2, 0.25) is 0 Å². The first kappa shape index (κ1) is 13.0. The van der Waals surface area contributed by atoms with Crippen LogP contribution in [-0.4, -0.2) is 17.6 Å². The van der Waals surface area contributed by atoms with Gasteiger partial charge in [-0.1, -0.05) is 19.4 Å². The van der Waals surface area contributed by atoms with Crippen LogP contribution in [-0.2, 0) is 11.3 Å². The molecule has 0 radical (unpaired) electrons. The molecule has 0 spiro atoms. The number of pyridine rings is 1. The van der Waals surface area contributed by atoms with Crippen LogP contribution in [0.1, 0.15) is 39.2 Å². The van der Waals surface area contributed by atoms with Crippen LogP contribution in [0.5, 0.6) is 0 Å². The van der Waals surface area contributed by atoms with Crippen molar-refractivity contribution in [2.75, 3.05) is 11.9 Å². The molecule has 1 atom stereocenters. The molecule has 1 heterocycles. The van der Waals surface area contributed by atoms with Gasteiger partial charge in [0.2, 0.25) is 0 Å². The molecule has 0 aliphatic carbocycles. The molecular weight excluding hydrogens is 200 g/mol. The maximum atomic E-state index is 5.78. The molecular formula is C13H22N2O. The minimum Gasteiger partial charge on any atom is -0.374 e. The molecule has 3 nitrogen and oxygen atoms in total. The van der Waals surface area contributed by atoms with Gasteiger partial charge in [0.05, 0.1) is 12.7 Å². The van der Waals surface area contributed by atoms with E-state index in [-0.39, 0.29) is 0 Å².